The fourth-order valence-corrected chi connectivity index (χ4v) is 3.31. The molecule has 18 heavy (non-hydrogen) atoms. The summed E-state index contributed by atoms with van der Waals surface area (Å²) in [5, 5.41) is 0.0437. The number of nitrogens with zero attached hydrogens (tertiary/aromatic N) is 2. The number of sulfonamides is 1. The third kappa shape index (κ3) is 2.90. The van der Waals surface area contributed by atoms with Crippen LogP contribution in [0.3, 0.4) is 0 Å². The maximum Gasteiger partial charge on any atom is 0.260 e. The lowest BCUT2D eigenvalue weighted by atomic mass is 9.95. The van der Waals surface area contributed by atoms with Crippen LogP contribution < -0.4 is 10.5 Å². The molecule has 0 saturated carbocycles. The molecule has 0 aliphatic carbocycles. The second-order valence-corrected chi connectivity index (χ2v) is 6.16. The van der Waals surface area contributed by atoms with E-state index in [-0.39, 0.29) is 11.6 Å². The van der Waals surface area contributed by atoms with Gasteiger partial charge in [-0.1, -0.05) is 13.8 Å². The summed E-state index contributed by atoms with van der Waals surface area (Å²) in [5.41, 5.74) is 5.10. The van der Waals surface area contributed by atoms with Gasteiger partial charge in [0.25, 0.3) is 10.0 Å². The molecule has 6 nitrogen and oxygen atoms in total. The molecule has 104 valence electrons. The average Bonchev–Trinajstić information content (AvgIpc) is 2.68. The summed E-state index contributed by atoms with van der Waals surface area (Å²) >= 11 is 0. The first-order valence-electron chi connectivity index (χ1n) is 6.04. The van der Waals surface area contributed by atoms with E-state index in [1.54, 1.807) is 18.5 Å². The summed E-state index contributed by atoms with van der Waals surface area (Å²) in [6, 6.07) is 0. The Kier molecular flexibility index (Phi) is 4.52. The van der Waals surface area contributed by atoms with Gasteiger partial charge in [0.1, 0.15) is 5.82 Å². The molecule has 1 aromatic rings. The highest BCUT2D eigenvalue weighted by Crippen LogP contribution is 2.18. The first-order valence-corrected chi connectivity index (χ1v) is 7.52. The maximum atomic E-state index is 12.2. The molecule has 3 N–H and O–H groups in total. The number of hydrogen-bond acceptors (Lipinski definition) is 4. The number of rotatable bonds is 6. The molecule has 7 heteroatoms. The van der Waals surface area contributed by atoms with Crippen molar-refractivity contribution in [2.45, 2.75) is 44.2 Å². The zero-order chi connectivity index (χ0) is 14.0. The topological polar surface area (TPSA) is 90.0 Å². The third-order valence-corrected chi connectivity index (χ3v) is 4.91. The summed E-state index contributed by atoms with van der Waals surface area (Å²) in [4.78, 5) is 4.04. The van der Waals surface area contributed by atoms with Crippen molar-refractivity contribution in [3.63, 3.8) is 0 Å². The van der Waals surface area contributed by atoms with Gasteiger partial charge in [-0.15, -0.1) is 0 Å². The molecule has 0 spiro atoms. The average molecular weight is 274 g/mol. The number of aromatic nitrogens is 2. The van der Waals surface area contributed by atoms with Gasteiger partial charge < -0.3 is 10.3 Å². The van der Waals surface area contributed by atoms with Crippen molar-refractivity contribution in [3.8, 4) is 0 Å². The van der Waals surface area contributed by atoms with E-state index in [0.717, 1.165) is 0 Å². The molecule has 1 heterocycles. The zero-order valence-corrected chi connectivity index (χ0v) is 12.2. The zero-order valence-electron chi connectivity index (χ0n) is 11.4. The van der Waals surface area contributed by atoms with E-state index in [1.807, 2.05) is 13.8 Å². The van der Waals surface area contributed by atoms with E-state index < -0.39 is 15.6 Å². The van der Waals surface area contributed by atoms with E-state index in [4.69, 9.17) is 5.73 Å². The Balaban J connectivity index is 3.08. The van der Waals surface area contributed by atoms with Crippen LogP contribution in [0, 0.1) is 6.92 Å². The Hall–Kier alpha value is -0.920. The van der Waals surface area contributed by atoms with Crippen LogP contribution >= 0.6 is 0 Å². The van der Waals surface area contributed by atoms with Crippen LogP contribution in [0.5, 0.6) is 0 Å². The lowest BCUT2D eigenvalue weighted by Crippen LogP contribution is -2.52. The monoisotopic (exact) mass is 274 g/mol. The van der Waals surface area contributed by atoms with Gasteiger partial charge in [0.15, 0.2) is 5.03 Å². The van der Waals surface area contributed by atoms with Gasteiger partial charge in [-0.2, -0.15) is 0 Å². The second kappa shape index (κ2) is 5.38. The fourth-order valence-electron chi connectivity index (χ4n) is 1.72. The van der Waals surface area contributed by atoms with Crippen molar-refractivity contribution < 1.29 is 8.42 Å². The highest BCUT2D eigenvalue weighted by atomic mass is 32.2. The SMILES string of the molecule is CCC(CC)(CN)NS(=O)(=O)c1cn(C)c(C)n1. The molecule has 0 saturated heterocycles. The number of imidazole rings is 1. The molecule has 0 amide bonds. The molecule has 0 aromatic carbocycles. The lowest BCUT2D eigenvalue weighted by molar-refractivity contribution is 0.362. The molecule has 1 aromatic heterocycles. The third-order valence-electron chi connectivity index (χ3n) is 3.46. The van der Waals surface area contributed by atoms with Gasteiger partial charge in [-0.3, -0.25) is 0 Å². The van der Waals surface area contributed by atoms with Gasteiger partial charge in [-0.05, 0) is 19.8 Å². The molecule has 0 aliphatic rings. The van der Waals surface area contributed by atoms with Gasteiger partial charge in [0.05, 0.1) is 0 Å². The van der Waals surface area contributed by atoms with Crippen molar-refractivity contribution in [3.05, 3.63) is 12.0 Å². The number of nitrogens with two attached hydrogens (primary N) is 1. The normalized spacial score (nSPS) is 12.9. The first kappa shape index (κ1) is 15.1. The van der Waals surface area contributed by atoms with Crippen LogP contribution in [0.2, 0.25) is 0 Å². The largest absolute Gasteiger partial charge is 0.337 e. The standard InChI is InChI=1S/C11H22N4O2S/c1-5-11(6-2,8-12)14-18(16,17)10-7-15(4)9(3)13-10/h7,14H,5-6,8,12H2,1-4H3. The van der Waals surface area contributed by atoms with Gasteiger partial charge in [0.2, 0.25) is 0 Å². The van der Waals surface area contributed by atoms with Crippen LogP contribution in [0.4, 0.5) is 0 Å². The van der Waals surface area contributed by atoms with Crippen molar-refractivity contribution in [2.24, 2.45) is 12.8 Å². The van der Waals surface area contributed by atoms with Crippen LogP contribution in [-0.4, -0.2) is 30.1 Å². The maximum absolute atomic E-state index is 12.2. The number of aryl methyl sites for hydroxylation is 2. The van der Waals surface area contributed by atoms with Gasteiger partial charge in [-0.25, -0.2) is 18.1 Å². The molecular formula is C11H22N4O2S. The molecule has 1 rings (SSSR count). The van der Waals surface area contributed by atoms with Crippen molar-refractivity contribution in [2.75, 3.05) is 6.54 Å². The molecular weight excluding hydrogens is 252 g/mol. The Labute approximate surface area is 109 Å². The van der Waals surface area contributed by atoms with E-state index in [1.165, 1.54) is 6.20 Å². The Morgan fingerprint density at radius 2 is 2.00 bits per heavy atom. The predicted octanol–water partition coefficient (Wildman–Crippen LogP) is 0.524. The minimum atomic E-state index is -3.62. The summed E-state index contributed by atoms with van der Waals surface area (Å²) in [5.74, 6) is 0.654. The quantitative estimate of drug-likeness (QED) is 0.791. The van der Waals surface area contributed by atoms with Gasteiger partial charge >= 0.3 is 0 Å². The second-order valence-electron chi connectivity index (χ2n) is 4.53. The minimum Gasteiger partial charge on any atom is -0.337 e. The molecule has 0 fully saturated rings. The molecule has 0 aliphatic heterocycles. The fraction of sp³-hybridized carbons (Fsp3) is 0.727. The van der Waals surface area contributed by atoms with Crippen LogP contribution in [0.1, 0.15) is 32.5 Å². The summed E-state index contributed by atoms with van der Waals surface area (Å²) in [7, 11) is -1.86. The minimum absolute atomic E-state index is 0.0437. The van der Waals surface area contributed by atoms with E-state index in [9.17, 15) is 8.42 Å². The highest BCUT2D eigenvalue weighted by molar-refractivity contribution is 7.89. The van der Waals surface area contributed by atoms with Crippen LogP contribution in [0.25, 0.3) is 0 Å². The summed E-state index contributed by atoms with van der Waals surface area (Å²) in [6.07, 6.45) is 2.79. The Bertz CT molecular complexity index is 475. The van der Waals surface area contributed by atoms with Crippen molar-refractivity contribution in [1.29, 1.82) is 0 Å². The van der Waals surface area contributed by atoms with Crippen LogP contribution in [0.15, 0.2) is 11.2 Å². The summed E-state index contributed by atoms with van der Waals surface area (Å²) < 4.78 is 28.9. The van der Waals surface area contributed by atoms with Gasteiger partial charge in [0, 0.05) is 25.3 Å². The smallest absolute Gasteiger partial charge is 0.260 e. The lowest BCUT2D eigenvalue weighted by Gasteiger charge is -2.30. The molecule has 0 bridgehead atoms. The Morgan fingerprint density at radius 1 is 1.44 bits per heavy atom. The van der Waals surface area contributed by atoms with Crippen molar-refractivity contribution >= 4 is 10.0 Å². The molecule has 0 unspecified atom stereocenters. The highest BCUT2D eigenvalue weighted by Gasteiger charge is 2.32. The van der Waals surface area contributed by atoms with E-state index >= 15 is 0 Å². The van der Waals surface area contributed by atoms with E-state index in [0.29, 0.717) is 18.7 Å². The van der Waals surface area contributed by atoms with Crippen molar-refractivity contribution in [1.82, 2.24) is 14.3 Å². The van der Waals surface area contributed by atoms with Crippen LogP contribution in [-0.2, 0) is 17.1 Å². The first-order chi connectivity index (χ1) is 8.30. The number of nitrogens with one attached hydrogen (secondary N) is 1. The predicted molar refractivity (Wildman–Crippen MR) is 70.6 cm³/mol. The number of hydrogen-bond donors (Lipinski definition) is 2. The van der Waals surface area contributed by atoms with E-state index in [2.05, 4.69) is 9.71 Å². The molecule has 0 radical (unpaired) electrons. The Morgan fingerprint density at radius 3 is 2.33 bits per heavy atom. The summed E-state index contributed by atoms with van der Waals surface area (Å²) in [6.45, 7) is 5.87. The molecule has 0 atom stereocenters.